The molecule has 3 heteroatoms. The Morgan fingerprint density at radius 1 is 1.00 bits per heavy atom. The molecule has 0 aliphatic carbocycles. The third-order valence-corrected chi connectivity index (χ3v) is 5.56. The molecule has 2 nitrogen and oxygen atoms in total. The van der Waals surface area contributed by atoms with Crippen LogP contribution in [0.3, 0.4) is 0 Å². The Morgan fingerprint density at radius 3 is 2.16 bits per heavy atom. The number of carbonyl (C=O) groups excluding carboxylic acids is 1. The lowest BCUT2D eigenvalue weighted by Gasteiger charge is -2.21. The van der Waals surface area contributed by atoms with Gasteiger partial charge < -0.3 is 5.32 Å². The summed E-state index contributed by atoms with van der Waals surface area (Å²) in [5, 5.41) is 3.06. The van der Waals surface area contributed by atoms with E-state index in [-0.39, 0.29) is 22.6 Å². The second-order valence-electron chi connectivity index (χ2n) is 7.54. The third kappa shape index (κ3) is 5.93. The molecule has 0 bridgehead atoms. The van der Waals surface area contributed by atoms with Crippen LogP contribution in [0, 0.1) is 0 Å². The molecule has 0 saturated heterocycles. The number of amides is 1. The molecule has 0 fully saturated rings. The average Bonchev–Trinajstić information content (AvgIpc) is 2.59. The lowest BCUT2D eigenvalue weighted by atomic mass is 9.86. The van der Waals surface area contributed by atoms with Gasteiger partial charge >= 0.3 is 0 Å². The maximum atomic E-state index is 12.4. The minimum absolute atomic E-state index is 0.0151. The van der Waals surface area contributed by atoms with E-state index in [1.54, 1.807) is 11.8 Å². The van der Waals surface area contributed by atoms with Crippen molar-refractivity contribution in [2.75, 3.05) is 0 Å². The Balaban J connectivity index is 1.88. The summed E-state index contributed by atoms with van der Waals surface area (Å²) in [6.45, 7) is 10.6. The number of nitrogens with one attached hydrogen (secondary N) is 1. The zero-order valence-corrected chi connectivity index (χ0v) is 16.7. The quantitative estimate of drug-likeness (QED) is 0.743. The second kappa shape index (κ2) is 8.57. The monoisotopic (exact) mass is 355 g/mol. The van der Waals surface area contributed by atoms with Crippen LogP contribution >= 0.6 is 11.8 Å². The molecule has 1 amide bonds. The maximum absolute atomic E-state index is 12.4. The number of rotatable bonds is 6. The van der Waals surface area contributed by atoms with Crippen LogP contribution in [0.25, 0.3) is 0 Å². The van der Waals surface area contributed by atoms with Gasteiger partial charge in [0.25, 0.3) is 0 Å². The minimum atomic E-state index is -0.0727. The zero-order chi connectivity index (χ0) is 18.4. The van der Waals surface area contributed by atoms with E-state index >= 15 is 0 Å². The molecule has 0 aliphatic rings. The second-order valence-corrected chi connectivity index (χ2v) is 8.87. The van der Waals surface area contributed by atoms with Gasteiger partial charge in [-0.05, 0) is 36.0 Å². The molecule has 0 saturated carbocycles. The van der Waals surface area contributed by atoms with Gasteiger partial charge in [0.15, 0.2) is 0 Å². The summed E-state index contributed by atoms with van der Waals surface area (Å²) in [4.78, 5) is 12.4. The first kappa shape index (κ1) is 19.6. The number of benzene rings is 2. The fraction of sp³-hybridized carbons (Fsp3) is 0.409. The molecule has 0 unspecified atom stereocenters. The van der Waals surface area contributed by atoms with Crippen molar-refractivity contribution < 1.29 is 4.79 Å². The van der Waals surface area contributed by atoms with Crippen LogP contribution in [0.4, 0.5) is 0 Å². The number of hydrogen-bond acceptors (Lipinski definition) is 2. The van der Waals surface area contributed by atoms with Crippen LogP contribution in [-0.2, 0) is 16.0 Å². The van der Waals surface area contributed by atoms with Gasteiger partial charge in [0.1, 0.15) is 0 Å². The number of thioether (sulfide) groups is 1. The van der Waals surface area contributed by atoms with Gasteiger partial charge in [-0.25, -0.2) is 0 Å². The molecular formula is C22H29NOS. The molecule has 2 aromatic carbocycles. The predicted octanol–water partition coefficient (Wildman–Crippen LogP) is 5.48. The van der Waals surface area contributed by atoms with Crippen LogP contribution < -0.4 is 5.32 Å². The van der Waals surface area contributed by atoms with Crippen molar-refractivity contribution in [1.29, 1.82) is 0 Å². The van der Waals surface area contributed by atoms with Crippen LogP contribution in [-0.4, -0.2) is 11.2 Å². The molecule has 1 N–H and O–H groups in total. The van der Waals surface area contributed by atoms with Gasteiger partial charge in [-0.1, -0.05) is 75.4 Å². The SMILES string of the molecule is C[C@H](SCc1ccccc1)C(=O)N[C@H](C)c1ccc(C(C)(C)C)cc1. The Labute approximate surface area is 156 Å². The molecule has 2 atom stereocenters. The van der Waals surface area contributed by atoms with Gasteiger partial charge in [-0.3, -0.25) is 4.79 Å². The maximum Gasteiger partial charge on any atom is 0.233 e. The highest BCUT2D eigenvalue weighted by Crippen LogP contribution is 2.24. The van der Waals surface area contributed by atoms with Crippen molar-refractivity contribution >= 4 is 17.7 Å². The highest BCUT2D eigenvalue weighted by molar-refractivity contribution is 7.99. The number of hydrogen-bond donors (Lipinski definition) is 1. The van der Waals surface area contributed by atoms with Crippen LogP contribution in [0.15, 0.2) is 54.6 Å². The molecule has 0 spiro atoms. The topological polar surface area (TPSA) is 29.1 Å². The van der Waals surface area contributed by atoms with Gasteiger partial charge in [-0.2, -0.15) is 0 Å². The van der Waals surface area contributed by atoms with Crippen molar-refractivity contribution in [2.24, 2.45) is 0 Å². The number of carbonyl (C=O) groups is 1. The normalized spacial score (nSPS) is 14.0. The van der Waals surface area contributed by atoms with E-state index in [4.69, 9.17) is 0 Å². The van der Waals surface area contributed by atoms with E-state index < -0.39 is 0 Å². The van der Waals surface area contributed by atoms with E-state index in [9.17, 15) is 4.79 Å². The summed E-state index contributed by atoms with van der Waals surface area (Å²) >= 11 is 1.67. The smallest absolute Gasteiger partial charge is 0.233 e. The summed E-state index contributed by atoms with van der Waals surface area (Å²) in [6, 6.07) is 18.8. The van der Waals surface area contributed by atoms with Gasteiger partial charge in [-0.15, -0.1) is 11.8 Å². The molecule has 25 heavy (non-hydrogen) atoms. The Kier molecular flexibility index (Phi) is 6.71. The van der Waals surface area contributed by atoms with Gasteiger partial charge in [0, 0.05) is 5.75 Å². The van der Waals surface area contributed by atoms with Crippen LogP contribution in [0.2, 0.25) is 0 Å². The Morgan fingerprint density at radius 2 is 1.60 bits per heavy atom. The zero-order valence-electron chi connectivity index (χ0n) is 15.9. The van der Waals surface area contributed by atoms with E-state index in [2.05, 4.69) is 62.5 Å². The third-order valence-electron chi connectivity index (χ3n) is 4.35. The first-order valence-corrected chi connectivity index (χ1v) is 9.88. The first-order valence-electron chi connectivity index (χ1n) is 8.83. The molecule has 0 aromatic heterocycles. The molecule has 0 radical (unpaired) electrons. The Hall–Kier alpha value is -1.74. The van der Waals surface area contributed by atoms with Crippen molar-refractivity contribution in [3.05, 3.63) is 71.3 Å². The molecular weight excluding hydrogens is 326 g/mol. The van der Waals surface area contributed by atoms with E-state index in [0.29, 0.717) is 0 Å². The summed E-state index contributed by atoms with van der Waals surface area (Å²) in [5.74, 6) is 0.942. The van der Waals surface area contributed by atoms with Crippen molar-refractivity contribution in [3.63, 3.8) is 0 Å². The lowest BCUT2D eigenvalue weighted by molar-refractivity contribution is -0.120. The van der Waals surface area contributed by atoms with Crippen molar-refractivity contribution in [2.45, 2.75) is 57.1 Å². The largest absolute Gasteiger partial charge is 0.349 e. The Bertz CT molecular complexity index is 673. The van der Waals surface area contributed by atoms with E-state index in [0.717, 1.165) is 11.3 Å². The van der Waals surface area contributed by atoms with E-state index in [1.807, 2.05) is 32.0 Å². The fourth-order valence-electron chi connectivity index (χ4n) is 2.56. The summed E-state index contributed by atoms with van der Waals surface area (Å²) in [5.41, 5.74) is 3.84. The highest BCUT2D eigenvalue weighted by atomic mass is 32.2. The fourth-order valence-corrected chi connectivity index (χ4v) is 3.41. The predicted molar refractivity (Wildman–Crippen MR) is 109 cm³/mol. The molecule has 2 aromatic rings. The molecule has 134 valence electrons. The summed E-state index contributed by atoms with van der Waals surface area (Å²) in [7, 11) is 0. The highest BCUT2D eigenvalue weighted by Gasteiger charge is 2.18. The molecule has 0 aliphatic heterocycles. The lowest BCUT2D eigenvalue weighted by Crippen LogP contribution is -2.33. The average molecular weight is 356 g/mol. The standard InChI is InChI=1S/C22H29NOS/c1-16(19-11-13-20(14-12-19)22(3,4)5)23-21(24)17(2)25-15-18-9-7-6-8-10-18/h6-14,16-17H,15H2,1-5H3,(H,23,24)/t16-,17+/m1/s1. The van der Waals surface area contributed by atoms with Crippen molar-refractivity contribution in [1.82, 2.24) is 5.32 Å². The molecule has 2 rings (SSSR count). The van der Waals surface area contributed by atoms with Crippen LogP contribution in [0.1, 0.15) is 57.4 Å². The van der Waals surface area contributed by atoms with E-state index in [1.165, 1.54) is 11.1 Å². The first-order chi connectivity index (χ1) is 11.8. The van der Waals surface area contributed by atoms with Gasteiger partial charge in [0.2, 0.25) is 5.91 Å². The molecule has 0 heterocycles. The van der Waals surface area contributed by atoms with Gasteiger partial charge in [0.05, 0.1) is 11.3 Å². The summed E-state index contributed by atoms with van der Waals surface area (Å²) < 4.78 is 0. The summed E-state index contributed by atoms with van der Waals surface area (Å²) in [6.07, 6.45) is 0. The van der Waals surface area contributed by atoms with Crippen molar-refractivity contribution in [3.8, 4) is 0 Å². The minimum Gasteiger partial charge on any atom is -0.349 e. The van der Waals surface area contributed by atoms with Crippen LogP contribution in [0.5, 0.6) is 0 Å².